The highest BCUT2D eigenvalue weighted by atomic mass is 19.3. The van der Waals surface area contributed by atoms with E-state index in [0.717, 1.165) is 5.69 Å². The summed E-state index contributed by atoms with van der Waals surface area (Å²) in [7, 11) is 1.74. The Balaban J connectivity index is 3.16. The summed E-state index contributed by atoms with van der Waals surface area (Å²) in [6.07, 6.45) is -2.92. The average Bonchev–Trinajstić information content (AvgIpc) is 2.31. The number of halogens is 2. The fraction of sp³-hybridized carbons (Fsp3) is 0.444. The summed E-state index contributed by atoms with van der Waals surface area (Å²) in [5.41, 5.74) is 1.51. The molecule has 0 atom stereocenters. The molecule has 0 aromatic carbocycles. The van der Waals surface area contributed by atoms with Crippen molar-refractivity contribution < 1.29 is 13.6 Å². The monoisotopic (exact) mass is 187 g/mol. The van der Waals surface area contributed by atoms with Crippen LogP contribution in [0.1, 0.15) is 21.7 Å². The van der Waals surface area contributed by atoms with E-state index in [1.807, 2.05) is 0 Å². The highest BCUT2D eigenvalue weighted by Gasteiger charge is 2.21. The fourth-order valence-electron chi connectivity index (χ4n) is 1.22. The number of nitrogens with zero attached hydrogens (tertiary/aromatic N) is 1. The zero-order valence-corrected chi connectivity index (χ0v) is 7.77. The van der Waals surface area contributed by atoms with E-state index in [0.29, 0.717) is 5.69 Å². The van der Waals surface area contributed by atoms with E-state index in [9.17, 15) is 13.6 Å². The van der Waals surface area contributed by atoms with Gasteiger partial charge >= 0.3 is 6.43 Å². The Labute approximate surface area is 75.2 Å². The van der Waals surface area contributed by atoms with Gasteiger partial charge in [0.25, 0.3) is 0 Å². The SMILES string of the molecule is Cc1cc(C(=O)C(F)F)c(C)n1C. The van der Waals surface area contributed by atoms with Crippen LogP contribution >= 0.6 is 0 Å². The van der Waals surface area contributed by atoms with Gasteiger partial charge in [-0.15, -0.1) is 0 Å². The molecule has 1 aromatic heterocycles. The molecule has 0 radical (unpaired) electrons. The lowest BCUT2D eigenvalue weighted by Gasteiger charge is -2.00. The Bertz CT molecular complexity index is 342. The summed E-state index contributed by atoms with van der Waals surface area (Å²) < 4.78 is 25.9. The molecule has 0 saturated heterocycles. The quantitative estimate of drug-likeness (QED) is 0.650. The first-order chi connectivity index (χ1) is 5.95. The van der Waals surface area contributed by atoms with Crippen molar-refractivity contribution in [2.45, 2.75) is 20.3 Å². The van der Waals surface area contributed by atoms with Gasteiger partial charge in [-0.3, -0.25) is 4.79 Å². The molecular formula is C9H11F2NO. The Kier molecular flexibility index (Phi) is 2.50. The molecule has 1 rings (SSSR count). The lowest BCUT2D eigenvalue weighted by Crippen LogP contribution is -2.11. The van der Waals surface area contributed by atoms with Crippen LogP contribution in [0.3, 0.4) is 0 Å². The van der Waals surface area contributed by atoms with Gasteiger partial charge in [0.2, 0.25) is 5.78 Å². The van der Waals surface area contributed by atoms with Crippen molar-refractivity contribution in [3.63, 3.8) is 0 Å². The highest BCUT2D eigenvalue weighted by Crippen LogP contribution is 2.16. The maximum atomic E-state index is 12.1. The molecule has 1 aromatic rings. The minimum atomic E-state index is -2.92. The molecule has 0 aliphatic carbocycles. The van der Waals surface area contributed by atoms with Crippen LogP contribution in [0.2, 0.25) is 0 Å². The number of rotatable bonds is 2. The van der Waals surface area contributed by atoms with Crippen LogP contribution in [0, 0.1) is 13.8 Å². The van der Waals surface area contributed by atoms with Gasteiger partial charge in [-0.25, -0.2) is 8.78 Å². The Hall–Kier alpha value is -1.19. The molecule has 13 heavy (non-hydrogen) atoms. The maximum Gasteiger partial charge on any atom is 0.300 e. The lowest BCUT2D eigenvalue weighted by molar-refractivity contribution is 0.0678. The third-order valence-electron chi connectivity index (χ3n) is 2.24. The first kappa shape index (κ1) is 9.89. The first-order valence-corrected chi connectivity index (χ1v) is 3.90. The van der Waals surface area contributed by atoms with Crippen molar-refractivity contribution in [3.05, 3.63) is 23.0 Å². The second-order valence-corrected chi connectivity index (χ2v) is 3.01. The largest absolute Gasteiger partial charge is 0.351 e. The molecule has 0 spiro atoms. The van der Waals surface area contributed by atoms with Gasteiger partial charge in [0, 0.05) is 24.0 Å². The number of carbonyl (C=O) groups is 1. The van der Waals surface area contributed by atoms with E-state index in [1.54, 1.807) is 25.5 Å². The number of alkyl halides is 2. The second kappa shape index (κ2) is 3.28. The summed E-state index contributed by atoms with van der Waals surface area (Å²) in [5, 5.41) is 0. The fourth-order valence-corrected chi connectivity index (χ4v) is 1.22. The van der Waals surface area contributed by atoms with Gasteiger partial charge in [-0.2, -0.15) is 0 Å². The molecule has 1 heterocycles. The summed E-state index contributed by atoms with van der Waals surface area (Å²) >= 11 is 0. The molecule has 0 unspecified atom stereocenters. The Morgan fingerprint density at radius 2 is 2.00 bits per heavy atom. The topological polar surface area (TPSA) is 22.0 Å². The van der Waals surface area contributed by atoms with E-state index < -0.39 is 12.2 Å². The van der Waals surface area contributed by atoms with Crippen molar-refractivity contribution in [1.82, 2.24) is 4.57 Å². The molecule has 0 aliphatic heterocycles. The van der Waals surface area contributed by atoms with Crippen LogP contribution in [0.25, 0.3) is 0 Å². The Morgan fingerprint density at radius 3 is 2.31 bits per heavy atom. The zero-order valence-electron chi connectivity index (χ0n) is 7.77. The average molecular weight is 187 g/mol. The van der Waals surface area contributed by atoms with Crippen LogP contribution in [0.4, 0.5) is 8.78 Å². The molecular weight excluding hydrogens is 176 g/mol. The molecule has 4 heteroatoms. The van der Waals surface area contributed by atoms with Gasteiger partial charge in [0.05, 0.1) is 0 Å². The third kappa shape index (κ3) is 1.61. The number of ketones is 1. The third-order valence-corrected chi connectivity index (χ3v) is 2.24. The minimum absolute atomic E-state index is 0.120. The van der Waals surface area contributed by atoms with E-state index in [1.165, 1.54) is 6.07 Å². The highest BCUT2D eigenvalue weighted by molar-refractivity contribution is 5.99. The van der Waals surface area contributed by atoms with Gasteiger partial charge in [-0.05, 0) is 19.9 Å². The van der Waals surface area contributed by atoms with Gasteiger partial charge < -0.3 is 4.57 Å². The molecule has 72 valence electrons. The summed E-state index contributed by atoms with van der Waals surface area (Å²) in [4.78, 5) is 11.0. The molecule has 0 fully saturated rings. The number of hydrogen-bond donors (Lipinski definition) is 0. The lowest BCUT2D eigenvalue weighted by atomic mass is 10.1. The van der Waals surface area contributed by atoms with E-state index >= 15 is 0 Å². The normalized spacial score (nSPS) is 10.9. The van der Waals surface area contributed by atoms with Crippen LogP contribution < -0.4 is 0 Å². The number of carbonyl (C=O) groups excluding carboxylic acids is 1. The smallest absolute Gasteiger partial charge is 0.300 e. The predicted octanol–water partition coefficient (Wildman–Crippen LogP) is 2.09. The van der Waals surface area contributed by atoms with E-state index in [4.69, 9.17) is 0 Å². The summed E-state index contributed by atoms with van der Waals surface area (Å²) in [6.45, 7) is 3.43. The zero-order chi connectivity index (χ0) is 10.2. The molecule has 2 nitrogen and oxygen atoms in total. The van der Waals surface area contributed by atoms with Crippen LogP contribution in [-0.2, 0) is 7.05 Å². The minimum Gasteiger partial charge on any atom is -0.351 e. The van der Waals surface area contributed by atoms with E-state index in [2.05, 4.69) is 0 Å². The summed E-state index contributed by atoms with van der Waals surface area (Å²) in [6, 6.07) is 1.49. The molecule has 0 amide bonds. The van der Waals surface area contributed by atoms with Crippen molar-refractivity contribution in [1.29, 1.82) is 0 Å². The maximum absolute atomic E-state index is 12.1. The number of Topliss-reactive ketones (excluding diaryl/α,β-unsaturated/α-hetero) is 1. The molecule has 0 N–H and O–H groups in total. The summed E-state index contributed by atoms with van der Waals surface area (Å²) in [5.74, 6) is -1.10. The second-order valence-electron chi connectivity index (χ2n) is 3.01. The number of aryl methyl sites for hydroxylation is 1. The van der Waals surface area contributed by atoms with Gasteiger partial charge in [0.1, 0.15) is 0 Å². The van der Waals surface area contributed by atoms with Crippen LogP contribution in [0.5, 0.6) is 0 Å². The Morgan fingerprint density at radius 1 is 1.46 bits per heavy atom. The standard InChI is InChI=1S/C9H11F2NO/c1-5-4-7(6(2)12(5)3)8(13)9(10)11/h4,9H,1-3H3. The van der Waals surface area contributed by atoms with Crippen LogP contribution in [-0.4, -0.2) is 16.8 Å². The van der Waals surface area contributed by atoms with Gasteiger partial charge in [0.15, 0.2) is 0 Å². The molecule has 0 aliphatic rings. The first-order valence-electron chi connectivity index (χ1n) is 3.90. The van der Waals surface area contributed by atoms with Crippen molar-refractivity contribution in [3.8, 4) is 0 Å². The van der Waals surface area contributed by atoms with Crippen LogP contribution in [0.15, 0.2) is 6.07 Å². The van der Waals surface area contributed by atoms with Gasteiger partial charge in [-0.1, -0.05) is 0 Å². The van der Waals surface area contributed by atoms with Crippen molar-refractivity contribution in [2.75, 3.05) is 0 Å². The number of aromatic nitrogens is 1. The molecule has 0 saturated carbocycles. The van der Waals surface area contributed by atoms with Crippen molar-refractivity contribution in [2.24, 2.45) is 7.05 Å². The molecule has 0 bridgehead atoms. The van der Waals surface area contributed by atoms with E-state index in [-0.39, 0.29) is 5.56 Å². The number of hydrogen-bond acceptors (Lipinski definition) is 1. The van der Waals surface area contributed by atoms with Crippen molar-refractivity contribution >= 4 is 5.78 Å². The predicted molar refractivity (Wildman–Crippen MR) is 45.2 cm³/mol.